The predicted octanol–water partition coefficient (Wildman–Crippen LogP) is 7.22. The van der Waals surface area contributed by atoms with Crippen LogP contribution < -0.4 is 10.6 Å². The molecule has 2 N–H and O–H groups in total. The first-order chi connectivity index (χ1) is 20.1. The summed E-state index contributed by atoms with van der Waals surface area (Å²) < 4.78 is 5.53. The summed E-state index contributed by atoms with van der Waals surface area (Å²) in [5.74, 6) is -0.648. The number of nitrogens with one attached hydrogen (secondary N) is 2. The molecule has 0 aromatic heterocycles. The van der Waals surface area contributed by atoms with Crippen LogP contribution in [0.2, 0.25) is 0 Å². The number of aryl methyl sites for hydroxylation is 1. The number of anilines is 1. The first kappa shape index (κ1) is 32.4. The van der Waals surface area contributed by atoms with E-state index in [0.717, 1.165) is 36.8 Å². The van der Waals surface area contributed by atoms with Crippen molar-refractivity contribution in [1.82, 2.24) is 10.2 Å². The van der Waals surface area contributed by atoms with Crippen LogP contribution in [0.15, 0.2) is 84.9 Å². The van der Waals surface area contributed by atoms with Crippen molar-refractivity contribution in [3.63, 3.8) is 0 Å². The fourth-order valence-electron chi connectivity index (χ4n) is 4.80. The minimum absolute atomic E-state index is 0.255. The van der Waals surface area contributed by atoms with Crippen LogP contribution in [0.1, 0.15) is 76.1 Å². The van der Waals surface area contributed by atoms with Crippen LogP contribution in [-0.4, -0.2) is 41.0 Å². The molecule has 0 spiro atoms. The zero-order valence-electron chi connectivity index (χ0n) is 25.6. The maximum atomic E-state index is 14.5. The van der Waals surface area contributed by atoms with Gasteiger partial charge in [-0.1, -0.05) is 105 Å². The van der Waals surface area contributed by atoms with E-state index in [9.17, 15) is 14.4 Å². The van der Waals surface area contributed by atoms with Crippen molar-refractivity contribution in [2.45, 2.75) is 84.4 Å². The average Bonchev–Trinajstić information content (AvgIpc) is 2.95. The number of hydrogen-bond donors (Lipinski definition) is 2. The van der Waals surface area contributed by atoms with Crippen molar-refractivity contribution in [3.8, 4) is 0 Å². The van der Waals surface area contributed by atoms with Gasteiger partial charge in [-0.2, -0.15) is 0 Å². The van der Waals surface area contributed by atoms with Gasteiger partial charge in [-0.15, -0.1) is 0 Å². The summed E-state index contributed by atoms with van der Waals surface area (Å²) in [6.07, 6.45) is 3.29. The smallest absolute Gasteiger partial charge is 0.408 e. The number of benzene rings is 3. The van der Waals surface area contributed by atoms with Crippen LogP contribution in [0.4, 0.5) is 10.5 Å². The van der Waals surface area contributed by atoms with Crippen molar-refractivity contribution >= 4 is 23.6 Å². The third-order valence-electron chi connectivity index (χ3n) is 6.89. The Labute approximate surface area is 250 Å². The van der Waals surface area contributed by atoms with E-state index in [1.165, 1.54) is 0 Å². The summed E-state index contributed by atoms with van der Waals surface area (Å²) in [5.41, 5.74) is 2.47. The number of hydrogen-bond acceptors (Lipinski definition) is 4. The minimum Gasteiger partial charge on any atom is -0.444 e. The van der Waals surface area contributed by atoms with Crippen molar-refractivity contribution in [2.75, 3.05) is 11.9 Å². The molecule has 0 aliphatic heterocycles. The Morgan fingerprint density at radius 1 is 0.833 bits per heavy atom. The highest BCUT2D eigenvalue weighted by molar-refractivity contribution is 5.99. The minimum atomic E-state index is -0.939. The maximum Gasteiger partial charge on any atom is 0.408 e. The van der Waals surface area contributed by atoms with Crippen molar-refractivity contribution < 1.29 is 19.1 Å². The molecule has 3 amide bonds. The van der Waals surface area contributed by atoms with Gasteiger partial charge in [-0.3, -0.25) is 9.59 Å². The van der Waals surface area contributed by atoms with E-state index in [1.807, 2.05) is 91.9 Å². The van der Waals surface area contributed by atoms with E-state index < -0.39 is 23.8 Å². The van der Waals surface area contributed by atoms with E-state index in [0.29, 0.717) is 17.8 Å². The number of carbonyl (C=O) groups excluding carboxylic acids is 3. The zero-order chi connectivity index (χ0) is 30.5. The largest absolute Gasteiger partial charge is 0.444 e. The Morgan fingerprint density at radius 3 is 2.07 bits per heavy atom. The molecule has 0 heterocycles. The van der Waals surface area contributed by atoms with Gasteiger partial charge in [0.05, 0.1) is 0 Å². The molecule has 42 heavy (non-hydrogen) atoms. The van der Waals surface area contributed by atoms with Gasteiger partial charge >= 0.3 is 6.09 Å². The molecule has 0 fully saturated rings. The summed E-state index contributed by atoms with van der Waals surface area (Å²) in [4.78, 5) is 43.2. The lowest BCUT2D eigenvalue weighted by atomic mass is 9.99. The standard InChI is InChI=1S/C35H45N3O4/c1-6-7-8-17-24-38(31(28-21-13-10-14-22-28)32(39)36-29-23-16-15-18-26(29)2)33(40)30(25-27-19-11-9-12-20-27)37-34(41)42-35(3,4)5/h9-16,18-23,30-31H,6-8,17,24-25H2,1-5H3,(H,36,39)(H,37,41). The van der Waals surface area contributed by atoms with Crippen molar-refractivity contribution in [2.24, 2.45) is 0 Å². The Balaban J connectivity index is 2.03. The Bertz CT molecular complexity index is 1290. The second-order valence-electron chi connectivity index (χ2n) is 11.6. The number of unbranched alkanes of at least 4 members (excludes halogenated alkanes) is 3. The summed E-state index contributed by atoms with van der Waals surface area (Å²) in [7, 11) is 0. The highest BCUT2D eigenvalue weighted by atomic mass is 16.6. The van der Waals surface area contributed by atoms with Gasteiger partial charge in [0, 0.05) is 18.7 Å². The van der Waals surface area contributed by atoms with Gasteiger partial charge in [-0.05, 0) is 56.9 Å². The lowest BCUT2D eigenvalue weighted by Crippen LogP contribution is -2.53. The predicted molar refractivity (Wildman–Crippen MR) is 168 cm³/mol. The van der Waals surface area contributed by atoms with Crippen LogP contribution in [0, 0.1) is 6.92 Å². The monoisotopic (exact) mass is 571 g/mol. The molecule has 0 aliphatic rings. The molecule has 3 aromatic carbocycles. The van der Waals surface area contributed by atoms with Crippen LogP contribution in [0.5, 0.6) is 0 Å². The van der Waals surface area contributed by atoms with E-state index in [-0.39, 0.29) is 18.2 Å². The number of para-hydroxylation sites is 1. The molecular weight excluding hydrogens is 526 g/mol. The molecule has 3 aromatic rings. The quantitative estimate of drug-likeness (QED) is 0.212. The van der Waals surface area contributed by atoms with Crippen LogP contribution in [-0.2, 0) is 20.7 Å². The maximum absolute atomic E-state index is 14.5. The van der Waals surface area contributed by atoms with Crippen LogP contribution in [0.25, 0.3) is 0 Å². The Morgan fingerprint density at radius 2 is 1.45 bits per heavy atom. The number of alkyl carbamates (subject to hydrolysis) is 1. The van der Waals surface area contributed by atoms with Gasteiger partial charge in [0.1, 0.15) is 17.7 Å². The average molecular weight is 572 g/mol. The first-order valence-corrected chi connectivity index (χ1v) is 14.8. The Hall–Kier alpha value is -4.13. The second-order valence-corrected chi connectivity index (χ2v) is 11.6. The van der Waals surface area contributed by atoms with E-state index in [2.05, 4.69) is 17.6 Å². The molecule has 2 unspecified atom stereocenters. The number of nitrogens with zero attached hydrogens (tertiary/aromatic N) is 1. The van der Waals surface area contributed by atoms with Gasteiger partial charge < -0.3 is 20.3 Å². The van der Waals surface area contributed by atoms with Crippen LogP contribution in [0.3, 0.4) is 0 Å². The fraction of sp³-hybridized carbons (Fsp3) is 0.400. The third-order valence-corrected chi connectivity index (χ3v) is 6.89. The zero-order valence-corrected chi connectivity index (χ0v) is 25.6. The first-order valence-electron chi connectivity index (χ1n) is 14.8. The number of carbonyl (C=O) groups is 3. The molecule has 0 saturated carbocycles. The fourth-order valence-corrected chi connectivity index (χ4v) is 4.80. The highest BCUT2D eigenvalue weighted by Crippen LogP contribution is 2.26. The molecular formula is C35H45N3O4. The lowest BCUT2D eigenvalue weighted by molar-refractivity contribution is -0.140. The molecule has 7 heteroatoms. The molecule has 2 atom stereocenters. The summed E-state index contributed by atoms with van der Waals surface area (Å²) >= 11 is 0. The molecule has 224 valence electrons. The van der Waals surface area contributed by atoms with Gasteiger partial charge in [0.2, 0.25) is 5.91 Å². The van der Waals surface area contributed by atoms with E-state index in [1.54, 1.807) is 25.7 Å². The molecule has 0 saturated heterocycles. The third kappa shape index (κ3) is 10.1. The molecule has 0 aliphatic carbocycles. The van der Waals surface area contributed by atoms with E-state index in [4.69, 9.17) is 4.74 Å². The molecule has 3 rings (SSSR count). The number of ether oxygens (including phenoxy) is 1. The number of rotatable bonds is 13. The van der Waals surface area contributed by atoms with Crippen LogP contribution >= 0.6 is 0 Å². The summed E-state index contributed by atoms with van der Waals surface area (Å²) in [6, 6.07) is 24.6. The second kappa shape index (κ2) is 15.8. The highest BCUT2D eigenvalue weighted by Gasteiger charge is 2.36. The summed E-state index contributed by atoms with van der Waals surface area (Å²) in [6.45, 7) is 9.76. The lowest BCUT2D eigenvalue weighted by Gasteiger charge is -2.35. The van der Waals surface area contributed by atoms with Gasteiger partial charge in [0.25, 0.3) is 5.91 Å². The van der Waals surface area contributed by atoms with Crippen molar-refractivity contribution in [3.05, 3.63) is 102 Å². The molecule has 0 bridgehead atoms. The number of amides is 3. The van der Waals surface area contributed by atoms with Crippen molar-refractivity contribution in [1.29, 1.82) is 0 Å². The Kier molecular flexibility index (Phi) is 12.1. The molecule has 0 radical (unpaired) electrons. The van der Waals surface area contributed by atoms with E-state index >= 15 is 0 Å². The SMILES string of the molecule is CCCCCCN(C(=O)C(Cc1ccccc1)NC(=O)OC(C)(C)C)C(C(=O)Nc1ccccc1C)c1ccccc1. The normalized spacial score (nSPS) is 12.6. The topological polar surface area (TPSA) is 87.7 Å². The molecule has 7 nitrogen and oxygen atoms in total. The van der Waals surface area contributed by atoms with Gasteiger partial charge in [0.15, 0.2) is 0 Å². The van der Waals surface area contributed by atoms with Gasteiger partial charge in [-0.25, -0.2) is 4.79 Å². The summed E-state index contributed by atoms with van der Waals surface area (Å²) in [5, 5.41) is 5.89.